The highest BCUT2D eigenvalue weighted by Crippen LogP contribution is 2.21. The summed E-state index contributed by atoms with van der Waals surface area (Å²) < 4.78 is 14.0. The molecular weight excluding hydrogens is 395 g/mol. The number of nitrogens with one attached hydrogen (secondary N) is 2. The number of benzene rings is 2. The maximum absolute atomic E-state index is 14.0. The fourth-order valence-electron chi connectivity index (χ4n) is 3.59. The van der Waals surface area contributed by atoms with Crippen molar-refractivity contribution in [2.45, 2.75) is 25.9 Å². The van der Waals surface area contributed by atoms with Gasteiger partial charge in [-0.3, -0.25) is 9.59 Å². The predicted molar refractivity (Wildman–Crippen MR) is 116 cm³/mol. The molecule has 1 aromatic heterocycles. The zero-order valence-corrected chi connectivity index (χ0v) is 17.0. The molecule has 2 aromatic carbocycles. The molecule has 0 unspecified atom stereocenters. The van der Waals surface area contributed by atoms with Crippen molar-refractivity contribution in [1.82, 2.24) is 15.2 Å². The minimum Gasteiger partial charge on any atom is -0.348 e. The van der Waals surface area contributed by atoms with Gasteiger partial charge in [0.15, 0.2) is 0 Å². The topological polar surface area (TPSA) is 74.3 Å². The molecule has 4 rings (SSSR count). The first kappa shape index (κ1) is 20.5. The molecule has 158 valence electrons. The first-order chi connectivity index (χ1) is 15.1. The SMILES string of the molecule is O=C(NCc1cccc(CN2CCCC2=O)c1)c1cccnc1Nc1ccccc1F. The minimum atomic E-state index is -0.423. The van der Waals surface area contributed by atoms with Crippen LogP contribution in [0.25, 0.3) is 0 Å². The summed E-state index contributed by atoms with van der Waals surface area (Å²) in [7, 11) is 0. The number of para-hydroxylation sites is 1. The van der Waals surface area contributed by atoms with E-state index in [-0.39, 0.29) is 23.3 Å². The number of hydrogen-bond donors (Lipinski definition) is 2. The van der Waals surface area contributed by atoms with Crippen molar-refractivity contribution < 1.29 is 14.0 Å². The quantitative estimate of drug-likeness (QED) is 0.608. The number of likely N-dealkylation sites (tertiary alicyclic amines) is 1. The number of carbonyl (C=O) groups is 2. The number of nitrogens with zero attached hydrogens (tertiary/aromatic N) is 2. The largest absolute Gasteiger partial charge is 0.348 e. The van der Waals surface area contributed by atoms with Crippen LogP contribution in [-0.4, -0.2) is 28.2 Å². The monoisotopic (exact) mass is 418 g/mol. The van der Waals surface area contributed by atoms with Gasteiger partial charge in [-0.1, -0.05) is 36.4 Å². The molecule has 2 amide bonds. The Hall–Kier alpha value is -3.74. The van der Waals surface area contributed by atoms with E-state index in [2.05, 4.69) is 15.6 Å². The Morgan fingerprint density at radius 2 is 1.90 bits per heavy atom. The Balaban J connectivity index is 1.42. The zero-order valence-electron chi connectivity index (χ0n) is 17.0. The Bertz CT molecular complexity index is 1100. The smallest absolute Gasteiger partial charge is 0.255 e. The molecule has 0 bridgehead atoms. The van der Waals surface area contributed by atoms with Crippen LogP contribution in [-0.2, 0) is 17.9 Å². The Labute approximate surface area is 180 Å². The summed E-state index contributed by atoms with van der Waals surface area (Å²) in [5, 5.41) is 5.78. The van der Waals surface area contributed by atoms with Gasteiger partial charge in [-0.25, -0.2) is 9.37 Å². The zero-order chi connectivity index (χ0) is 21.6. The Morgan fingerprint density at radius 3 is 2.71 bits per heavy atom. The van der Waals surface area contributed by atoms with E-state index in [1.54, 1.807) is 36.5 Å². The summed E-state index contributed by atoms with van der Waals surface area (Å²) in [5.74, 6) is -0.267. The first-order valence-electron chi connectivity index (χ1n) is 10.2. The Morgan fingerprint density at radius 1 is 1.06 bits per heavy atom. The highest BCUT2D eigenvalue weighted by atomic mass is 19.1. The second kappa shape index (κ2) is 9.38. The molecule has 0 aliphatic carbocycles. The van der Waals surface area contributed by atoms with Gasteiger partial charge in [-0.15, -0.1) is 0 Å². The standard InChI is InChI=1S/C24H23FN4O2/c25-20-9-1-2-10-21(20)28-23-19(8-4-12-26-23)24(31)27-15-17-6-3-7-18(14-17)16-29-13-5-11-22(29)30/h1-4,6-10,12,14H,5,11,13,15-16H2,(H,26,28)(H,27,31). The second-order valence-corrected chi connectivity index (χ2v) is 7.43. The number of amides is 2. The van der Waals surface area contributed by atoms with Crippen LogP contribution >= 0.6 is 0 Å². The number of halogens is 1. The maximum Gasteiger partial charge on any atom is 0.255 e. The molecule has 1 aliphatic heterocycles. The lowest BCUT2D eigenvalue weighted by Crippen LogP contribution is -2.25. The number of anilines is 2. The van der Waals surface area contributed by atoms with Crippen LogP contribution in [0.1, 0.15) is 34.3 Å². The normalized spacial score (nSPS) is 13.3. The average Bonchev–Trinajstić information content (AvgIpc) is 3.18. The molecule has 2 N–H and O–H groups in total. The van der Waals surface area contributed by atoms with Gasteiger partial charge >= 0.3 is 0 Å². The van der Waals surface area contributed by atoms with Gasteiger partial charge < -0.3 is 15.5 Å². The van der Waals surface area contributed by atoms with Crippen molar-refractivity contribution in [1.29, 1.82) is 0 Å². The lowest BCUT2D eigenvalue weighted by atomic mass is 10.1. The molecule has 3 aromatic rings. The van der Waals surface area contributed by atoms with Crippen molar-refractivity contribution >= 4 is 23.3 Å². The first-order valence-corrected chi connectivity index (χ1v) is 10.2. The number of pyridine rings is 1. The van der Waals surface area contributed by atoms with Crippen LogP contribution in [0.3, 0.4) is 0 Å². The van der Waals surface area contributed by atoms with Gasteiger partial charge in [-0.2, -0.15) is 0 Å². The van der Waals surface area contributed by atoms with E-state index in [1.165, 1.54) is 6.07 Å². The molecule has 2 heterocycles. The van der Waals surface area contributed by atoms with Crippen molar-refractivity contribution in [2.24, 2.45) is 0 Å². The molecular formula is C24H23FN4O2. The lowest BCUT2D eigenvalue weighted by molar-refractivity contribution is -0.128. The number of rotatable bonds is 7. The van der Waals surface area contributed by atoms with Crippen LogP contribution in [0.2, 0.25) is 0 Å². The molecule has 0 atom stereocenters. The van der Waals surface area contributed by atoms with Crippen LogP contribution < -0.4 is 10.6 Å². The predicted octanol–water partition coefficient (Wildman–Crippen LogP) is 4.02. The lowest BCUT2D eigenvalue weighted by Gasteiger charge is -2.16. The second-order valence-electron chi connectivity index (χ2n) is 7.43. The van der Waals surface area contributed by atoms with E-state index < -0.39 is 5.82 Å². The van der Waals surface area contributed by atoms with E-state index in [0.717, 1.165) is 24.1 Å². The van der Waals surface area contributed by atoms with Crippen molar-refractivity contribution in [3.63, 3.8) is 0 Å². The molecule has 0 radical (unpaired) electrons. The average molecular weight is 418 g/mol. The fourth-order valence-corrected chi connectivity index (χ4v) is 3.59. The van der Waals surface area contributed by atoms with Gasteiger partial charge in [-0.05, 0) is 41.8 Å². The van der Waals surface area contributed by atoms with Crippen LogP contribution in [0.4, 0.5) is 15.9 Å². The molecule has 0 spiro atoms. The number of carbonyl (C=O) groups excluding carboxylic acids is 2. The van der Waals surface area contributed by atoms with Gasteiger partial charge in [0.2, 0.25) is 5.91 Å². The third-order valence-corrected chi connectivity index (χ3v) is 5.17. The van der Waals surface area contributed by atoms with Crippen LogP contribution in [0.5, 0.6) is 0 Å². The molecule has 1 aliphatic rings. The fraction of sp³-hybridized carbons (Fsp3) is 0.208. The summed E-state index contributed by atoms with van der Waals surface area (Å²) in [4.78, 5) is 30.7. The van der Waals surface area contributed by atoms with E-state index in [0.29, 0.717) is 25.1 Å². The highest BCUT2D eigenvalue weighted by molar-refractivity contribution is 5.99. The van der Waals surface area contributed by atoms with Crippen molar-refractivity contribution in [3.05, 3.63) is 89.4 Å². The molecule has 6 nitrogen and oxygen atoms in total. The van der Waals surface area contributed by atoms with Crippen molar-refractivity contribution in [3.8, 4) is 0 Å². The molecule has 1 fully saturated rings. The minimum absolute atomic E-state index is 0.185. The number of hydrogen-bond acceptors (Lipinski definition) is 4. The summed E-state index contributed by atoms with van der Waals surface area (Å²) in [6.07, 6.45) is 3.07. The summed E-state index contributed by atoms with van der Waals surface area (Å²) in [6.45, 7) is 1.70. The molecule has 1 saturated heterocycles. The molecule has 7 heteroatoms. The molecule has 31 heavy (non-hydrogen) atoms. The van der Waals surface area contributed by atoms with Gasteiger partial charge in [0.1, 0.15) is 11.6 Å². The summed E-state index contributed by atoms with van der Waals surface area (Å²) >= 11 is 0. The van der Waals surface area contributed by atoms with E-state index in [4.69, 9.17) is 0 Å². The summed E-state index contributed by atoms with van der Waals surface area (Å²) in [5.41, 5.74) is 2.54. The van der Waals surface area contributed by atoms with Crippen LogP contribution in [0.15, 0.2) is 66.9 Å². The van der Waals surface area contributed by atoms with Crippen LogP contribution in [0, 0.1) is 5.82 Å². The molecule has 0 saturated carbocycles. The van der Waals surface area contributed by atoms with E-state index in [9.17, 15) is 14.0 Å². The summed E-state index contributed by atoms with van der Waals surface area (Å²) in [6, 6.07) is 17.4. The number of aromatic nitrogens is 1. The van der Waals surface area contributed by atoms with Gasteiger partial charge in [0.25, 0.3) is 5.91 Å². The van der Waals surface area contributed by atoms with E-state index >= 15 is 0 Å². The van der Waals surface area contributed by atoms with Gasteiger partial charge in [0, 0.05) is 32.3 Å². The maximum atomic E-state index is 14.0. The third kappa shape index (κ3) is 5.06. The Kier molecular flexibility index (Phi) is 6.21. The van der Waals surface area contributed by atoms with Gasteiger partial charge in [0.05, 0.1) is 11.3 Å². The highest BCUT2D eigenvalue weighted by Gasteiger charge is 2.20. The third-order valence-electron chi connectivity index (χ3n) is 5.17. The van der Waals surface area contributed by atoms with Crippen molar-refractivity contribution in [2.75, 3.05) is 11.9 Å². The van der Waals surface area contributed by atoms with E-state index in [1.807, 2.05) is 29.2 Å².